The van der Waals surface area contributed by atoms with Crippen molar-refractivity contribution in [3.63, 3.8) is 0 Å². The zero-order valence-corrected chi connectivity index (χ0v) is 14.0. The van der Waals surface area contributed by atoms with Crippen molar-refractivity contribution in [3.8, 4) is 17.5 Å². The van der Waals surface area contributed by atoms with Crippen LogP contribution in [0.2, 0.25) is 0 Å². The molecule has 0 radical (unpaired) electrons. The van der Waals surface area contributed by atoms with Crippen LogP contribution in [0.3, 0.4) is 0 Å². The van der Waals surface area contributed by atoms with Crippen molar-refractivity contribution in [3.05, 3.63) is 77.9 Å². The minimum atomic E-state index is -1.07. The van der Waals surface area contributed by atoms with E-state index in [9.17, 15) is 14.4 Å². The first-order valence-electron chi connectivity index (χ1n) is 7.92. The number of aromatic nitrogens is 3. The minimum absolute atomic E-state index is 0.278. The Hall–Kier alpha value is -3.59. The number of halogens is 1. The van der Waals surface area contributed by atoms with Crippen molar-refractivity contribution >= 4 is 11.9 Å². The van der Waals surface area contributed by atoms with Gasteiger partial charge in [0.05, 0.1) is 6.07 Å². The van der Waals surface area contributed by atoms with Crippen molar-refractivity contribution in [1.82, 2.24) is 14.8 Å². The Bertz CT molecular complexity index is 985. The molecule has 128 valence electrons. The van der Waals surface area contributed by atoms with E-state index in [0.717, 1.165) is 5.56 Å². The Labute approximate surface area is 150 Å². The van der Waals surface area contributed by atoms with Crippen LogP contribution in [0.5, 0.6) is 0 Å². The fourth-order valence-electron chi connectivity index (χ4n) is 2.53. The summed E-state index contributed by atoms with van der Waals surface area (Å²) >= 11 is 0. The maximum atomic E-state index is 12.9. The van der Waals surface area contributed by atoms with Crippen LogP contribution in [0.1, 0.15) is 17.3 Å². The van der Waals surface area contributed by atoms with E-state index in [-0.39, 0.29) is 11.6 Å². The van der Waals surface area contributed by atoms with Crippen molar-refractivity contribution in [1.29, 1.82) is 5.26 Å². The van der Waals surface area contributed by atoms with Crippen LogP contribution in [-0.2, 0) is 11.8 Å². The molecule has 0 saturated carbocycles. The second-order valence-corrected chi connectivity index (χ2v) is 5.66. The Morgan fingerprint density at radius 3 is 2.50 bits per heavy atom. The van der Waals surface area contributed by atoms with Gasteiger partial charge in [-0.15, -0.1) is 10.2 Å². The summed E-state index contributed by atoms with van der Waals surface area (Å²) in [5.41, 5.74) is 1.51. The van der Waals surface area contributed by atoms with Gasteiger partial charge in [-0.2, -0.15) is 5.26 Å². The standard InChI is InChI=1S/C20H15FN4O/c1-25-19(15-5-3-2-4-6-15)23-24-20(25)17(13-22)18(26)12-9-14-7-10-16(21)11-8-14/h2-12,17H,1H3/b12-9-/t17-/m1/s1. The van der Waals surface area contributed by atoms with Gasteiger partial charge in [0.2, 0.25) is 0 Å². The molecule has 0 bridgehead atoms. The lowest BCUT2D eigenvalue weighted by molar-refractivity contribution is -0.115. The number of nitrogens with zero attached hydrogens (tertiary/aromatic N) is 4. The quantitative estimate of drug-likeness (QED) is 0.663. The highest BCUT2D eigenvalue weighted by atomic mass is 19.1. The number of nitriles is 1. The highest BCUT2D eigenvalue weighted by Crippen LogP contribution is 2.22. The van der Waals surface area contributed by atoms with E-state index in [1.807, 2.05) is 36.4 Å². The molecule has 0 saturated heterocycles. The summed E-state index contributed by atoms with van der Waals surface area (Å²) in [4.78, 5) is 12.4. The molecule has 0 aliphatic carbocycles. The summed E-state index contributed by atoms with van der Waals surface area (Å²) in [6.45, 7) is 0. The van der Waals surface area contributed by atoms with Gasteiger partial charge in [-0.25, -0.2) is 4.39 Å². The number of hydrogen-bond acceptors (Lipinski definition) is 4. The normalized spacial score (nSPS) is 12.0. The molecule has 3 aromatic rings. The summed E-state index contributed by atoms with van der Waals surface area (Å²) in [5.74, 6) is -0.972. The maximum Gasteiger partial charge on any atom is 0.180 e. The molecule has 1 aromatic heterocycles. The first-order chi connectivity index (χ1) is 12.6. The van der Waals surface area contributed by atoms with Crippen LogP contribution < -0.4 is 0 Å². The van der Waals surface area contributed by atoms with Gasteiger partial charge in [-0.1, -0.05) is 48.5 Å². The summed E-state index contributed by atoms with van der Waals surface area (Å²) in [6, 6.07) is 17.1. The average Bonchev–Trinajstić information content (AvgIpc) is 3.04. The van der Waals surface area contributed by atoms with E-state index in [4.69, 9.17) is 0 Å². The lowest BCUT2D eigenvalue weighted by Crippen LogP contribution is -2.13. The number of rotatable bonds is 5. The maximum absolute atomic E-state index is 12.9. The average molecular weight is 346 g/mol. The monoisotopic (exact) mass is 346 g/mol. The van der Waals surface area contributed by atoms with Crippen LogP contribution in [-0.4, -0.2) is 20.5 Å². The van der Waals surface area contributed by atoms with Gasteiger partial charge in [-0.05, 0) is 23.8 Å². The van der Waals surface area contributed by atoms with E-state index >= 15 is 0 Å². The second kappa shape index (κ2) is 7.53. The fraction of sp³-hybridized carbons (Fsp3) is 0.100. The largest absolute Gasteiger partial charge is 0.313 e. The molecule has 1 atom stereocenters. The second-order valence-electron chi connectivity index (χ2n) is 5.66. The molecule has 0 aliphatic rings. The Kier molecular flexibility index (Phi) is 4.99. The molecule has 0 amide bonds. The molecule has 5 nitrogen and oxygen atoms in total. The predicted molar refractivity (Wildman–Crippen MR) is 95.2 cm³/mol. The Balaban J connectivity index is 1.85. The number of ketones is 1. The SMILES string of the molecule is Cn1c(-c2ccccc2)nnc1[C@H](C#N)C(=O)/C=C\c1ccc(F)cc1. The summed E-state index contributed by atoms with van der Waals surface area (Å²) in [6.07, 6.45) is 2.85. The molecule has 0 N–H and O–H groups in total. The Morgan fingerprint density at radius 2 is 1.85 bits per heavy atom. The smallest absolute Gasteiger partial charge is 0.180 e. The lowest BCUT2D eigenvalue weighted by atomic mass is 10.0. The van der Waals surface area contributed by atoms with E-state index in [1.54, 1.807) is 29.8 Å². The van der Waals surface area contributed by atoms with Gasteiger partial charge in [0.15, 0.2) is 23.3 Å². The van der Waals surface area contributed by atoms with Crippen molar-refractivity contribution in [2.75, 3.05) is 0 Å². The third-order valence-electron chi connectivity index (χ3n) is 3.92. The summed E-state index contributed by atoms with van der Waals surface area (Å²) < 4.78 is 14.6. The highest BCUT2D eigenvalue weighted by molar-refractivity contribution is 5.99. The van der Waals surface area contributed by atoms with E-state index in [0.29, 0.717) is 11.4 Å². The third kappa shape index (κ3) is 3.57. The lowest BCUT2D eigenvalue weighted by Gasteiger charge is -2.06. The van der Waals surface area contributed by atoms with Gasteiger partial charge in [-0.3, -0.25) is 4.79 Å². The first-order valence-corrected chi connectivity index (χ1v) is 7.92. The number of benzene rings is 2. The molecule has 3 rings (SSSR count). The van der Waals surface area contributed by atoms with E-state index in [2.05, 4.69) is 10.2 Å². The van der Waals surface area contributed by atoms with Crippen LogP contribution in [0.25, 0.3) is 17.5 Å². The number of allylic oxidation sites excluding steroid dienone is 1. The molecule has 6 heteroatoms. The fourth-order valence-corrected chi connectivity index (χ4v) is 2.53. The molecule has 26 heavy (non-hydrogen) atoms. The van der Waals surface area contributed by atoms with Gasteiger partial charge in [0.1, 0.15) is 5.82 Å². The van der Waals surface area contributed by atoms with Gasteiger partial charge in [0.25, 0.3) is 0 Å². The van der Waals surface area contributed by atoms with Crippen molar-refractivity contribution < 1.29 is 9.18 Å². The zero-order chi connectivity index (χ0) is 18.5. The Morgan fingerprint density at radius 1 is 1.15 bits per heavy atom. The zero-order valence-electron chi connectivity index (χ0n) is 14.0. The molecular formula is C20H15FN4O. The van der Waals surface area contributed by atoms with Crippen molar-refractivity contribution in [2.24, 2.45) is 7.05 Å². The topological polar surface area (TPSA) is 71.6 Å². The molecule has 0 fully saturated rings. The molecule has 0 aliphatic heterocycles. The molecule has 1 heterocycles. The highest BCUT2D eigenvalue weighted by Gasteiger charge is 2.25. The predicted octanol–water partition coefficient (Wildman–Crippen LogP) is 3.51. The van der Waals surface area contributed by atoms with Crippen LogP contribution in [0.4, 0.5) is 4.39 Å². The van der Waals surface area contributed by atoms with Gasteiger partial charge < -0.3 is 4.57 Å². The molecule has 0 unspecified atom stereocenters. The summed E-state index contributed by atoms with van der Waals surface area (Å²) in [7, 11) is 1.72. The third-order valence-corrected chi connectivity index (χ3v) is 3.92. The van der Waals surface area contributed by atoms with Crippen LogP contribution in [0, 0.1) is 17.1 Å². The number of carbonyl (C=O) groups excluding carboxylic acids is 1. The summed E-state index contributed by atoms with van der Waals surface area (Å²) in [5, 5.41) is 17.6. The molecular weight excluding hydrogens is 331 g/mol. The van der Waals surface area contributed by atoms with Gasteiger partial charge >= 0.3 is 0 Å². The van der Waals surface area contributed by atoms with E-state index < -0.39 is 11.7 Å². The first kappa shape index (κ1) is 17.2. The number of carbonyl (C=O) groups is 1. The van der Waals surface area contributed by atoms with E-state index in [1.165, 1.54) is 18.2 Å². The van der Waals surface area contributed by atoms with Gasteiger partial charge in [0, 0.05) is 12.6 Å². The van der Waals surface area contributed by atoms with Crippen LogP contribution >= 0.6 is 0 Å². The molecule has 2 aromatic carbocycles. The van der Waals surface area contributed by atoms with Crippen LogP contribution in [0.15, 0.2) is 60.7 Å². The molecule has 0 spiro atoms. The number of hydrogen-bond donors (Lipinski definition) is 0. The minimum Gasteiger partial charge on any atom is -0.313 e. The van der Waals surface area contributed by atoms with Crippen molar-refractivity contribution in [2.45, 2.75) is 5.92 Å².